The summed E-state index contributed by atoms with van der Waals surface area (Å²) in [5.74, 6) is 0. The van der Waals surface area contributed by atoms with Crippen LogP contribution < -0.4 is 5.73 Å². The Morgan fingerprint density at radius 1 is 1.33 bits per heavy atom. The van der Waals surface area contributed by atoms with Crippen LogP contribution in [0.3, 0.4) is 0 Å². The molecule has 2 heteroatoms. The quantitative estimate of drug-likeness (QED) is 0.814. The highest BCUT2D eigenvalue weighted by molar-refractivity contribution is 5.83. The maximum Gasteiger partial charge on any atom is 0.0480 e. The molecule has 2 nitrogen and oxygen atoms in total. The van der Waals surface area contributed by atoms with Crippen molar-refractivity contribution in [2.24, 2.45) is 12.8 Å². The van der Waals surface area contributed by atoms with Gasteiger partial charge < -0.3 is 10.3 Å². The minimum Gasteiger partial charge on any atom is -0.350 e. The van der Waals surface area contributed by atoms with Gasteiger partial charge in [-0.15, -0.1) is 0 Å². The van der Waals surface area contributed by atoms with E-state index in [2.05, 4.69) is 49.0 Å². The van der Waals surface area contributed by atoms with Crippen LogP contribution in [0.2, 0.25) is 0 Å². The molecule has 0 aliphatic heterocycles. The van der Waals surface area contributed by atoms with Gasteiger partial charge in [-0.1, -0.05) is 25.1 Å². The molecule has 15 heavy (non-hydrogen) atoms. The molecule has 1 heterocycles. The summed E-state index contributed by atoms with van der Waals surface area (Å²) in [6.45, 7) is 2.13. The number of rotatable bonds is 3. The van der Waals surface area contributed by atoms with E-state index in [1.165, 1.54) is 16.5 Å². The second-order valence-corrected chi connectivity index (χ2v) is 4.15. The number of hydrogen-bond acceptors (Lipinski definition) is 1. The molecule has 0 fully saturated rings. The first-order chi connectivity index (χ1) is 7.22. The van der Waals surface area contributed by atoms with Crippen LogP contribution in [0.5, 0.6) is 0 Å². The maximum atomic E-state index is 6.00. The van der Waals surface area contributed by atoms with Gasteiger partial charge in [0.2, 0.25) is 0 Å². The summed E-state index contributed by atoms with van der Waals surface area (Å²) >= 11 is 0. The standard InChI is InChI=1S/C13H18N2/c1-3-11(14)8-10-9-15(2)13-7-5-4-6-12(10)13/h4-7,9,11H,3,8,14H2,1-2H3/t11-/m0/s1. The minimum atomic E-state index is 0.274. The minimum absolute atomic E-state index is 0.274. The van der Waals surface area contributed by atoms with Crippen LogP contribution in [0, 0.1) is 0 Å². The summed E-state index contributed by atoms with van der Waals surface area (Å²) in [5.41, 5.74) is 8.65. The number of para-hydroxylation sites is 1. The van der Waals surface area contributed by atoms with Crippen molar-refractivity contribution in [3.05, 3.63) is 36.0 Å². The molecule has 0 aliphatic rings. The Bertz CT molecular complexity index is 457. The van der Waals surface area contributed by atoms with E-state index in [1.807, 2.05) is 0 Å². The first-order valence-corrected chi connectivity index (χ1v) is 5.51. The number of fused-ring (bicyclic) bond motifs is 1. The fourth-order valence-electron chi connectivity index (χ4n) is 2.02. The van der Waals surface area contributed by atoms with Crippen molar-refractivity contribution in [3.63, 3.8) is 0 Å². The first kappa shape index (κ1) is 10.2. The van der Waals surface area contributed by atoms with Crippen LogP contribution in [0.1, 0.15) is 18.9 Å². The summed E-state index contributed by atoms with van der Waals surface area (Å²) in [6, 6.07) is 8.76. The SMILES string of the molecule is CC[C@H](N)Cc1cn(C)c2ccccc12. The average molecular weight is 202 g/mol. The van der Waals surface area contributed by atoms with Gasteiger partial charge in [0.25, 0.3) is 0 Å². The third kappa shape index (κ3) is 1.90. The smallest absolute Gasteiger partial charge is 0.0480 e. The van der Waals surface area contributed by atoms with Gasteiger partial charge in [0.1, 0.15) is 0 Å². The Labute approximate surface area is 90.7 Å². The molecule has 0 radical (unpaired) electrons. The molecule has 0 unspecified atom stereocenters. The fraction of sp³-hybridized carbons (Fsp3) is 0.385. The van der Waals surface area contributed by atoms with Gasteiger partial charge in [0, 0.05) is 30.2 Å². The predicted molar refractivity (Wildman–Crippen MR) is 64.9 cm³/mol. The molecule has 2 aromatic rings. The lowest BCUT2D eigenvalue weighted by atomic mass is 10.0. The molecule has 0 amide bonds. The highest BCUT2D eigenvalue weighted by atomic mass is 14.9. The molecule has 1 atom stereocenters. The Kier molecular flexibility index (Phi) is 2.78. The van der Waals surface area contributed by atoms with E-state index in [-0.39, 0.29) is 6.04 Å². The van der Waals surface area contributed by atoms with Gasteiger partial charge in [-0.05, 0) is 24.5 Å². The van der Waals surface area contributed by atoms with Gasteiger partial charge in [-0.2, -0.15) is 0 Å². The first-order valence-electron chi connectivity index (χ1n) is 5.51. The summed E-state index contributed by atoms with van der Waals surface area (Å²) in [4.78, 5) is 0. The zero-order chi connectivity index (χ0) is 10.8. The van der Waals surface area contributed by atoms with Crippen LogP contribution in [0.25, 0.3) is 10.9 Å². The van der Waals surface area contributed by atoms with E-state index in [9.17, 15) is 0 Å². The molecule has 0 bridgehead atoms. The van der Waals surface area contributed by atoms with Crippen LogP contribution >= 0.6 is 0 Å². The van der Waals surface area contributed by atoms with E-state index in [0.29, 0.717) is 0 Å². The molecule has 0 aliphatic carbocycles. The molecular formula is C13H18N2. The average Bonchev–Trinajstić information content (AvgIpc) is 2.57. The third-order valence-electron chi connectivity index (χ3n) is 2.99. The molecule has 2 N–H and O–H groups in total. The lowest BCUT2D eigenvalue weighted by molar-refractivity contribution is 0.647. The molecule has 2 rings (SSSR count). The predicted octanol–water partition coefficient (Wildman–Crippen LogP) is 2.46. The molecule has 0 saturated carbocycles. The van der Waals surface area contributed by atoms with Crippen molar-refractivity contribution in [2.75, 3.05) is 0 Å². The highest BCUT2D eigenvalue weighted by Gasteiger charge is 2.08. The zero-order valence-corrected chi connectivity index (χ0v) is 9.40. The number of nitrogens with zero attached hydrogens (tertiary/aromatic N) is 1. The number of aromatic nitrogens is 1. The fourth-order valence-corrected chi connectivity index (χ4v) is 2.02. The van der Waals surface area contributed by atoms with Crippen molar-refractivity contribution < 1.29 is 0 Å². The van der Waals surface area contributed by atoms with Crippen LogP contribution in [-0.2, 0) is 13.5 Å². The molecule has 1 aromatic carbocycles. The summed E-state index contributed by atoms with van der Waals surface area (Å²) in [5, 5.41) is 1.34. The molecule has 1 aromatic heterocycles. The van der Waals surface area contributed by atoms with Gasteiger partial charge >= 0.3 is 0 Å². The summed E-state index contributed by atoms with van der Waals surface area (Å²) < 4.78 is 2.17. The van der Waals surface area contributed by atoms with Crippen molar-refractivity contribution in [1.82, 2.24) is 4.57 Å². The lowest BCUT2D eigenvalue weighted by Crippen LogP contribution is -2.21. The van der Waals surface area contributed by atoms with E-state index >= 15 is 0 Å². The van der Waals surface area contributed by atoms with Crippen molar-refractivity contribution >= 4 is 10.9 Å². The summed E-state index contributed by atoms with van der Waals surface area (Å²) in [6.07, 6.45) is 4.20. The van der Waals surface area contributed by atoms with E-state index in [0.717, 1.165) is 12.8 Å². The van der Waals surface area contributed by atoms with E-state index in [1.54, 1.807) is 0 Å². The number of benzene rings is 1. The van der Waals surface area contributed by atoms with Crippen molar-refractivity contribution in [2.45, 2.75) is 25.8 Å². The molecular weight excluding hydrogens is 184 g/mol. The second kappa shape index (κ2) is 4.07. The van der Waals surface area contributed by atoms with E-state index < -0.39 is 0 Å². The largest absolute Gasteiger partial charge is 0.350 e. The van der Waals surface area contributed by atoms with Crippen LogP contribution in [0.4, 0.5) is 0 Å². The van der Waals surface area contributed by atoms with E-state index in [4.69, 9.17) is 5.73 Å². The molecule has 0 spiro atoms. The van der Waals surface area contributed by atoms with Gasteiger partial charge in [-0.3, -0.25) is 0 Å². The van der Waals surface area contributed by atoms with Crippen LogP contribution in [-0.4, -0.2) is 10.6 Å². The Hall–Kier alpha value is -1.28. The Morgan fingerprint density at radius 2 is 2.07 bits per heavy atom. The topological polar surface area (TPSA) is 30.9 Å². The monoisotopic (exact) mass is 202 g/mol. The summed E-state index contributed by atoms with van der Waals surface area (Å²) in [7, 11) is 2.09. The van der Waals surface area contributed by atoms with Gasteiger partial charge in [0.05, 0.1) is 0 Å². The Morgan fingerprint density at radius 3 is 2.80 bits per heavy atom. The normalized spacial score (nSPS) is 13.3. The number of aryl methyl sites for hydroxylation is 1. The number of nitrogens with two attached hydrogens (primary N) is 1. The maximum absolute atomic E-state index is 6.00. The van der Waals surface area contributed by atoms with Crippen LogP contribution in [0.15, 0.2) is 30.5 Å². The highest BCUT2D eigenvalue weighted by Crippen LogP contribution is 2.21. The Balaban J connectivity index is 2.43. The van der Waals surface area contributed by atoms with Gasteiger partial charge in [0.15, 0.2) is 0 Å². The lowest BCUT2D eigenvalue weighted by Gasteiger charge is -2.06. The van der Waals surface area contributed by atoms with Gasteiger partial charge in [-0.25, -0.2) is 0 Å². The molecule has 0 saturated heterocycles. The second-order valence-electron chi connectivity index (χ2n) is 4.15. The van der Waals surface area contributed by atoms with Crippen molar-refractivity contribution in [1.29, 1.82) is 0 Å². The third-order valence-corrected chi connectivity index (χ3v) is 2.99. The molecule has 80 valence electrons. The number of hydrogen-bond donors (Lipinski definition) is 1. The van der Waals surface area contributed by atoms with Crippen molar-refractivity contribution in [3.8, 4) is 0 Å². The zero-order valence-electron chi connectivity index (χ0n) is 9.40.